The van der Waals surface area contributed by atoms with Crippen LogP contribution in [0.2, 0.25) is 0 Å². The molecule has 0 amide bonds. The lowest BCUT2D eigenvalue weighted by molar-refractivity contribution is 0.0824. The van der Waals surface area contributed by atoms with Crippen molar-refractivity contribution >= 4 is 16.7 Å². The van der Waals surface area contributed by atoms with Gasteiger partial charge in [0.25, 0.3) is 0 Å². The number of anilines is 1. The molecule has 1 unspecified atom stereocenters. The summed E-state index contributed by atoms with van der Waals surface area (Å²) in [5.41, 5.74) is 10.1. The molecule has 0 radical (unpaired) electrons. The monoisotopic (exact) mass is 355 g/mol. The van der Waals surface area contributed by atoms with Crippen LogP contribution in [0.3, 0.4) is 0 Å². The maximum absolute atomic E-state index is 10.0. The first-order chi connectivity index (χ1) is 12.6. The Kier molecular flexibility index (Phi) is 4.18. The van der Waals surface area contributed by atoms with Gasteiger partial charge < -0.3 is 30.0 Å². The average molecular weight is 355 g/mol. The van der Waals surface area contributed by atoms with Crippen LogP contribution in [0.1, 0.15) is 5.56 Å². The number of nitrogens with zero attached hydrogens (tertiary/aromatic N) is 2. The van der Waals surface area contributed by atoms with Crippen LogP contribution < -0.4 is 15.2 Å². The third kappa shape index (κ3) is 2.85. The molecule has 7 heteroatoms. The van der Waals surface area contributed by atoms with E-state index in [-0.39, 0.29) is 13.2 Å². The molecule has 1 aliphatic rings. The van der Waals surface area contributed by atoms with E-state index in [4.69, 9.17) is 20.2 Å². The van der Waals surface area contributed by atoms with E-state index in [0.29, 0.717) is 36.2 Å². The Hall–Kier alpha value is -2.77. The molecule has 2 heterocycles. The second-order valence-corrected chi connectivity index (χ2v) is 6.44. The van der Waals surface area contributed by atoms with Crippen molar-refractivity contribution in [1.29, 1.82) is 0 Å². The molecule has 1 aromatic heterocycles. The SMILES string of the molecule is Cc1ccc(-c2nc3cc4c(cc3n2CC(O)CO)OCCO4)cc1N. The fourth-order valence-corrected chi connectivity index (χ4v) is 3.11. The van der Waals surface area contributed by atoms with Gasteiger partial charge in [0.15, 0.2) is 11.5 Å². The number of hydrogen-bond acceptors (Lipinski definition) is 6. The Labute approximate surface area is 150 Å². The fraction of sp³-hybridized carbons (Fsp3) is 0.316. The van der Waals surface area contributed by atoms with E-state index in [0.717, 1.165) is 22.2 Å². The fourth-order valence-electron chi connectivity index (χ4n) is 3.11. The van der Waals surface area contributed by atoms with E-state index in [1.807, 2.05) is 41.8 Å². The van der Waals surface area contributed by atoms with E-state index in [1.54, 1.807) is 0 Å². The Balaban J connectivity index is 1.92. The van der Waals surface area contributed by atoms with Gasteiger partial charge in [-0.3, -0.25) is 0 Å². The molecule has 2 aromatic carbocycles. The Morgan fingerprint density at radius 1 is 1.19 bits per heavy atom. The third-order valence-electron chi connectivity index (χ3n) is 4.55. The molecule has 1 atom stereocenters. The van der Waals surface area contributed by atoms with Crippen LogP contribution >= 0.6 is 0 Å². The third-order valence-corrected chi connectivity index (χ3v) is 4.55. The normalized spacial score (nSPS) is 14.6. The molecule has 26 heavy (non-hydrogen) atoms. The summed E-state index contributed by atoms with van der Waals surface area (Å²) < 4.78 is 13.2. The van der Waals surface area contributed by atoms with Crippen molar-refractivity contribution in [2.24, 2.45) is 0 Å². The highest BCUT2D eigenvalue weighted by atomic mass is 16.6. The molecule has 3 aromatic rings. The van der Waals surface area contributed by atoms with Crippen molar-refractivity contribution in [2.45, 2.75) is 19.6 Å². The van der Waals surface area contributed by atoms with Crippen LogP contribution in [0.4, 0.5) is 5.69 Å². The summed E-state index contributed by atoms with van der Waals surface area (Å²) in [6.45, 7) is 2.81. The number of aliphatic hydroxyl groups excluding tert-OH is 2. The van der Waals surface area contributed by atoms with Gasteiger partial charge in [0, 0.05) is 23.4 Å². The van der Waals surface area contributed by atoms with Crippen LogP contribution in [-0.4, -0.2) is 45.7 Å². The van der Waals surface area contributed by atoms with Gasteiger partial charge in [-0.25, -0.2) is 4.98 Å². The molecule has 0 spiro atoms. The zero-order valence-electron chi connectivity index (χ0n) is 14.5. The van der Waals surface area contributed by atoms with E-state index < -0.39 is 6.10 Å². The minimum atomic E-state index is -0.901. The zero-order valence-corrected chi connectivity index (χ0v) is 14.5. The number of imidazole rings is 1. The first-order valence-corrected chi connectivity index (χ1v) is 8.52. The van der Waals surface area contributed by atoms with E-state index in [9.17, 15) is 10.2 Å². The quantitative estimate of drug-likeness (QED) is 0.616. The van der Waals surface area contributed by atoms with Crippen molar-refractivity contribution < 1.29 is 19.7 Å². The van der Waals surface area contributed by atoms with Crippen molar-refractivity contribution in [3.8, 4) is 22.9 Å². The van der Waals surface area contributed by atoms with Gasteiger partial charge in [-0.05, 0) is 18.6 Å². The van der Waals surface area contributed by atoms with Gasteiger partial charge in [0.1, 0.15) is 19.0 Å². The zero-order chi connectivity index (χ0) is 18.3. The van der Waals surface area contributed by atoms with Gasteiger partial charge in [-0.15, -0.1) is 0 Å². The molecule has 0 aliphatic carbocycles. The van der Waals surface area contributed by atoms with Gasteiger partial charge in [0.2, 0.25) is 0 Å². The number of rotatable bonds is 4. The van der Waals surface area contributed by atoms with Crippen molar-refractivity contribution in [3.63, 3.8) is 0 Å². The molecule has 0 saturated heterocycles. The average Bonchev–Trinajstić information content (AvgIpc) is 2.99. The largest absolute Gasteiger partial charge is 0.486 e. The highest BCUT2D eigenvalue weighted by Gasteiger charge is 2.20. The number of nitrogens with two attached hydrogens (primary N) is 1. The standard InChI is InChI=1S/C19H21N3O4/c1-11-2-3-12(6-14(11)20)19-21-15-7-17-18(26-5-4-25-17)8-16(15)22(19)9-13(24)10-23/h2-3,6-8,13,23-24H,4-5,9-10,20H2,1H3. The van der Waals surface area contributed by atoms with Gasteiger partial charge in [-0.2, -0.15) is 0 Å². The summed E-state index contributed by atoms with van der Waals surface area (Å²) in [5, 5.41) is 19.3. The second kappa shape index (κ2) is 6.51. The molecule has 136 valence electrons. The highest BCUT2D eigenvalue weighted by Crippen LogP contribution is 2.36. The number of ether oxygens (including phenoxy) is 2. The number of fused-ring (bicyclic) bond motifs is 2. The van der Waals surface area contributed by atoms with E-state index >= 15 is 0 Å². The minimum absolute atomic E-state index is 0.204. The maximum atomic E-state index is 10.0. The molecule has 4 N–H and O–H groups in total. The summed E-state index contributed by atoms with van der Waals surface area (Å²) in [5.74, 6) is 1.98. The number of aliphatic hydroxyl groups is 2. The maximum Gasteiger partial charge on any atom is 0.163 e. The molecule has 4 rings (SSSR count). The molecule has 7 nitrogen and oxygen atoms in total. The van der Waals surface area contributed by atoms with E-state index in [2.05, 4.69) is 0 Å². The number of aromatic nitrogens is 2. The second-order valence-electron chi connectivity index (χ2n) is 6.44. The summed E-state index contributed by atoms with van der Waals surface area (Å²) >= 11 is 0. The number of nitrogen functional groups attached to an aromatic ring is 1. The number of benzene rings is 2. The first-order valence-electron chi connectivity index (χ1n) is 8.52. The van der Waals surface area contributed by atoms with E-state index in [1.165, 1.54) is 0 Å². The summed E-state index contributed by atoms with van der Waals surface area (Å²) in [6, 6.07) is 9.45. The van der Waals surface area contributed by atoms with Crippen LogP contribution in [0, 0.1) is 6.92 Å². The predicted molar refractivity (Wildman–Crippen MR) is 98.4 cm³/mol. The summed E-state index contributed by atoms with van der Waals surface area (Å²) in [6.07, 6.45) is -0.901. The van der Waals surface area contributed by atoms with Gasteiger partial charge >= 0.3 is 0 Å². The van der Waals surface area contributed by atoms with Crippen LogP contribution in [0.25, 0.3) is 22.4 Å². The van der Waals surface area contributed by atoms with Crippen molar-refractivity contribution in [3.05, 3.63) is 35.9 Å². The van der Waals surface area contributed by atoms with Crippen molar-refractivity contribution in [1.82, 2.24) is 9.55 Å². The summed E-state index contributed by atoms with van der Waals surface area (Å²) in [4.78, 5) is 4.73. The highest BCUT2D eigenvalue weighted by molar-refractivity contribution is 5.84. The molecule has 0 bridgehead atoms. The Morgan fingerprint density at radius 2 is 1.92 bits per heavy atom. The van der Waals surface area contributed by atoms with Crippen molar-refractivity contribution in [2.75, 3.05) is 25.6 Å². The number of aryl methyl sites for hydroxylation is 1. The van der Waals surface area contributed by atoms with Crippen LogP contribution in [-0.2, 0) is 6.54 Å². The molecule has 0 saturated carbocycles. The minimum Gasteiger partial charge on any atom is -0.486 e. The smallest absolute Gasteiger partial charge is 0.163 e. The molecular formula is C19H21N3O4. The Morgan fingerprint density at radius 3 is 2.62 bits per heavy atom. The van der Waals surface area contributed by atoms with Gasteiger partial charge in [-0.1, -0.05) is 12.1 Å². The predicted octanol–water partition coefficient (Wildman–Crippen LogP) is 1.72. The lowest BCUT2D eigenvalue weighted by Crippen LogP contribution is -2.20. The lowest BCUT2D eigenvalue weighted by atomic mass is 10.1. The number of hydrogen-bond donors (Lipinski definition) is 3. The molecular weight excluding hydrogens is 334 g/mol. The molecule has 0 fully saturated rings. The Bertz CT molecular complexity index is 967. The van der Waals surface area contributed by atoms with Crippen LogP contribution in [0.5, 0.6) is 11.5 Å². The lowest BCUT2D eigenvalue weighted by Gasteiger charge is -2.18. The van der Waals surface area contributed by atoms with Gasteiger partial charge in [0.05, 0.1) is 30.3 Å². The van der Waals surface area contributed by atoms with Crippen LogP contribution in [0.15, 0.2) is 30.3 Å². The first kappa shape index (κ1) is 16.7. The molecule has 1 aliphatic heterocycles. The topological polar surface area (TPSA) is 103 Å². The summed E-state index contributed by atoms with van der Waals surface area (Å²) in [7, 11) is 0.